The fourth-order valence-electron chi connectivity index (χ4n) is 10.7. The van der Waals surface area contributed by atoms with Gasteiger partial charge in [-0.05, 0) is 208 Å². The predicted octanol–water partition coefficient (Wildman–Crippen LogP) is 11.7. The molecule has 9 rings (SSSR count). The van der Waals surface area contributed by atoms with Crippen LogP contribution >= 0.6 is 0 Å². The van der Waals surface area contributed by atoms with Crippen LogP contribution in [0.3, 0.4) is 0 Å². The summed E-state index contributed by atoms with van der Waals surface area (Å²) in [6.45, 7) is 10.7. The first-order valence-electron chi connectivity index (χ1n) is 25.3. The van der Waals surface area contributed by atoms with E-state index in [2.05, 4.69) is 34.6 Å². The van der Waals surface area contributed by atoms with Gasteiger partial charge in [-0.25, -0.2) is 8.78 Å². The third-order valence-corrected chi connectivity index (χ3v) is 14.7. The lowest BCUT2D eigenvalue weighted by Crippen LogP contribution is -2.33. The van der Waals surface area contributed by atoms with E-state index in [4.69, 9.17) is 4.74 Å². The first kappa shape index (κ1) is 49.9. The van der Waals surface area contributed by atoms with Gasteiger partial charge in [0.1, 0.15) is 29.6 Å². The number of halogens is 2. The Morgan fingerprint density at radius 1 is 0.543 bits per heavy atom. The van der Waals surface area contributed by atoms with Crippen molar-refractivity contribution in [3.63, 3.8) is 0 Å². The third kappa shape index (κ3) is 12.6. The van der Waals surface area contributed by atoms with Crippen molar-refractivity contribution in [1.82, 2.24) is 4.90 Å². The maximum absolute atomic E-state index is 14.9. The van der Waals surface area contributed by atoms with E-state index in [0.717, 1.165) is 100 Å². The first-order valence-corrected chi connectivity index (χ1v) is 25.3. The zero-order valence-corrected chi connectivity index (χ0v) is 40.7. The van der Waals surface area contributed by atoms with Crippen LogP contribution in [0.15, 0.2) is 109 Å². The molecule has 5 N–H and O–H groups in total. The molecule has 0 saturated carbocycles. The van der Waals surface area contributed by atoms with Crippen molar-refractivity contribution < 1.29 is 39.1 Å². The Hall–Kier alpha value is -6.46. The highest BCUT2D eigenvalue weighted by Gasteiger charge is 2.26. The van der Waals surface area contributed by atoms with Crippen molar-refractivity contribution in [2.75, 3.05) is 62.2 Å². The average Bonchev–Trinajstić information content (AvgIpc) is 3.36. The highest BCUT2D eigenvalue weighted by atomic mass is 19.1. The minimum Gasteiger partial charge on any atom is -0.508 e. The predicted molar refractivity (Wildman–Crippen MR) is 275 cm³/mol. The van der Waals surface area contributed by atoms with E-state index in [1.807, 2.05) is 48.5 Å². The number of fused-ring (bicyclic) bond motifs is 2. The van der Waals surface area contributed by atoms with Gasteiger partial charge in [0.25, 0.3) is 0 Å². The van der Waals surface area contributed by atoms with Crippen LogP contribution in [0.5, 0.6) is 34.5 Å². The smallest absolute Gasteiger partial charge is 0.165 e. The molecule has 11 heteroatoms. The Morgan fingerprint density at radius 3 is 1.53 bits per heavy atom. The fourth-order valence-corrected chi connectivity index (χ4v) is 10.7. The van der Waals surface area contributed by atoms with Crippen molar-refractivity contribution >= 4 is 11.4 Å². The standard InChI is InChI=1S/C33H41FN2O3.C26H28FNO3/c1-2-36(17-14-24-6-13-33(31(34)20-24)39-19-18-35-15-4-3-5-16-35)32-23-29(38)11-12-30(32)27-8-7-26-22-28(37)10-9-25(26)21-27;1-2-28(12-11-17-3-10-26(31)24(27)13-17)25-16-22(30)8-9-23(25)20-5-4-19-15-21(29)7-6-18(19)14-20/h6,9-13,20,22-23,27,37-38H,2-5,7-8,14-19,21H2,1H3;3,6-10,13,15-16,20,29-31H,2,4-5,11-12,14H2,1H3. The summed E-state index contributed by atoms with van der Waals surface area (Å²) in [5.41, 5.74) is 11.2. The summed E-state index contributed by atoms with van der Waals surface area (Å²) < 4.78 is 34.3. The zero-order chi connectivity index (χ0) is 49.1. The molecule has 0 radical (unpaired) electrons. The minimum absolute atomic E-state index is 0.231. The molecule has 6 aromatic carbocycles. The van der Waals surface area contributed by atoms with Gasteiger partial charge < -0.3 is 40.1 Å². The normalized spacial score (nSPS) is 16.6. The van der Waals surface area contributed by atoms with Crippen molar-refractivity contribution in [2.45, 2.75) is 96.3 Å². The van der Waals surface area contributed by atoms with Gasteiger partial charge in [-0.1, -0.05) is 42.8 Å². The van der Waals surface area contributed by atoms with Gasteiger partial charge in [0, 0.05) is 56.2 Å². The Labute approximate surface area is 412 Å². The monoisotopic (exact) mass is 954 g/mol. The maximum Gasteiger partial charge on any atom is 0.165 e. The van der Waals surface area contributed by atoms with Gasteiger partial charge in [-0.15, -0.1) is 0 Å². The molecule has 9 nitrogen and oxygen atoms in total. The molecule has 6 aromatic rings. The molecule has 0 aromatic heterocycles. The quantitative estimate of drug-likeness (QED) is 0.0646. The van der Waals surface area contributed by atoms with Crippen LogP contribution in [0.2, 0.25) is 0 Å². The Morgan fingerprint density at radius 2 is 1.03 bits per heavy atom. The van der Waals surface area contributed by atoms with Crippen LogP contribution in [-0.4, -0.2) is 82.9 Å². The molecule has 0 amide bonds. The van der Waals surface area contributed by atoms with Crippen LogP contribution in [0.1, 0.15) is 102 Å². The van der Waals surface area contributed by atoms with Crippen molar-refractivity contribution in [2.24, 2.45) is 0 Å². The van der Waals surface area contributed by atoms with E-state index in [-0.39, 0.29) is 23.1 Å². The van der Waals surface area contributed by atoms with Gasteiger partial charge in [0.15, 0.2) is 23.1 Å². The number of phenols is 5. The average molecular weight is 954 g/mol. The number of anilines is 2. The number of ether oxygens (including phenoxy) is 1. The van der Waals surface area contributed by atoms with Gasteiger partial charge in [-0.3, -0.25) is 4.90 Å². The topological polar surface area (TPSA) is 120 Å². The van der Waals surface area contributed by atoms with Gasteiger partial charge in [-0.2, -0.15) is 0 Å². The van der Waals surface area contributed by atoms with E-state index in [9.17, 15) is 34.3 Å². The molecular weight excluding hydrogens is 885 g/mol. The summed E-state index contributed by atoms with van der Waals surface area (Å²) in [5, 5.41) is 49.6. The van der Waals surface area contributed by atoms with Crippen LogP contribution in [0.4, 0.5) is 20.2 Å². The van der Waals surface area contributed by atoms with E-state index in [1.54, 1.807) is 42.5 Å². The lowest BCUT2D eigenvalue weighted by molar-refractivity contribution is 0.180. The molecule has 0 bridgehead atoms. The lowest BCUT2D eigenvalue weighted by Gasteiger charge is -2.31. The number of likely N-dealkylation sites (tertiary alicyclic amines) is 1. The van der Waals surface area contributed by atoms with Crippen LogP contribution in [0.25, 0.3) is 0 Å². The summed E-state index contributed by atoms with van der Waals surface area (Å²) in [5.74, 6) is 0.859. The number of aryl methyl sites for hydroxylation is 2. The Kier molecular flexibility index (Phi) is 16.7. The third-order valence-electron chi connectivity index (χ3n) is 14.7. The number of phenolic OH excluding ortho intramolecular Hbond substituents is 5. The second-order valence-electron chi connectivity index (χ2n) is 19.2. The van der Waals surface area contributed by atoms with Gasteiger partial charge in [0.2, 0.25) is 0 Å². The molecule has 2 aliphatic carbocycles. The van der Waals surface area contributed by atoms with Crippen molar-refractivity contribution in [3.8, 4) is 34.5 Å². The number of piperidine rings is 1. The first-order chi connectivity index (χ1) is 33.9. The Balaban J connectivity index is 0.000000193. The highest BCUT2D eigenvalue weighted by molar-refractivity contribution is 5.61. The minimum atomic E-state index is -0.606. The van der Waals surface area contributed by atoms with Gasteiger partial charge >= 0.3 is 0 Å². The molecule has 370 valence electrons. The van der Waals surface area contributed by atoms with Crippen LogP contribution in [-0.2, 0) is 38.5 Å². The number of hydrogen-bond acceptors (Lipinski definition) is 9. The zero-order valence-electron chi connectivity index (χ0n) is 40.7. The molecule has 70 heavy (non-hydrogen) atoms. The number of benzene rings is 6. The largest absolute Gasteiger partial charge is 0.508 e. The molecule has 2 atom stereocenters. The summed E-state index contributed by atoms with van der Waals surface area (Å²) in [6, 6.07) is 32.4. The summed E-state index contributed by atoms with van der Waals surface area (Å²) in [4.78, 5) is 6.89. The number of aromatic hydroxyl groups is 5. The second-order valence-corrected chi connectivity index (χ2v) is 19.2. The molecule has 1 fully saturated rings. The van der Waals surface area contributed by atoms with E-state index in [1.165, 1.54) is 64.8 Å². The second kappa shape index (κ2) is 23.4. The number of rotatable bonds is 16. The van der Waals surface area contributed by atoms with Crippen LogP contribution < -0.4 is 14.5 Å². The van der Waals surface area contributed by atoms with Crippen molar-refractivity contribution in [1.29, 1.82) is 0 Å². The molecule has 2 unspecified atom stereocenters. The SMILES string of the molecule is CCN(CCc1ccc(O)c(F)c1)c1cc(O)ccc1C1CCc2cc(O)ccc2C1.CCN(CCc1ccc(OCCN2CCCCC2)c(F)c1)c1cc(O)ccc1C1CCc2cc(O)ccc2C1. The van der Waals surface area contributed by atoms with E-state index in [0.29, 0.717) is 55.1 Å². The molecule has 1 saturated heterocycles. The molecule has 1 heterocycles. The molecule has 1 aliphatic heterocycles. The molecular formula is C59H69F2N3O6. The summed E-state index contributed by atoms with van der Waals surface area (Å²) >= 11 is 0. The maximum atomic E-state index is 14.9. The summed E-state index contributed by atoms with van der Waals surface area (Å²) in [6.07, 6.45) is 10.7. The van der Waals surface area contributed by atoms with E-state index >= 15 is 0 Å². The number of likely N-dealkylation sites (N-methyl/N-ethyl adjacent to an activating group) is 2. The van der Waals surface area contributed by atoms with Crippen molar-refractivity contribution in [3.05, 3.63) is 165 Å². The lowest BCUT2D eigenvalue weighted by atomic mass is 9.79. The van der Waals surface area contributed by atoms with Crippen LogP contribution in [0, 0.1) is 11.6 Å². The van der Waals surface area contributed by atoms with E-state index < -0.39 is 5.82 Å². The number of nitrogens with zero attached hydrogens (tertiary/aromatic N) is 3. The highest BCUT2D eigenvalue weighted by Crippen LogP contribution is 2.41. The molecule has 3 aliphatic rings. The summed E-state index contributed by atoms with van der Waals surface area (Å²) in [7, 11) is 0. The molecule has 0 spiro atoms. The fraction of sp³-hybridized carbons (Fsp3) is 0.390. The van der Waals surface area contributed by atoms with Gasteiger partial charge in [0.05, 0.1) is 0 Å². The Bertz CT molecular complexity index is 2710. The number of hydrogen-bond donors (Lipinski definition) is 5.